The van der Waals surface area contributed by atoms with E-state index in [2.05, 4.69) is 5.32 Å². The summed E-state index contributed by atoms with van der Waals surface area (Å²) in [5.74, 6) is 0.619. The van der Waals surface area contributed by atoms with Gasteiger partial charge in [-0.25, -0.2) is 0 Å². The summed E-state index contributed by atoms with van der Waals surface area (Å²) in [7, 11) is 0. The maximum Gasteiger partial charge on any atom is 0.261 e. The summed E-state index contributed by atoms with van der Waals surface area (Å²) >= 11 is 1.37. The molecule has 2 heterocycles. The van der Waals surface area contributed by atoms with Crippen LogP contribution in [0.15, 0.2) is 64.6 Å². The first-order valence-corrected chi connectivity index (χ1v) is 7.75. The van der Waals surface area contributed by atoms with E-state index in [0.717, 1.165) is 16.9 Å². The minimum Gasteiger partial charge on any atom is -0.464 e. The highest BCUT2D eigenvalue weighted by Gasteiger charge is 2.12. The van der Waals surface area contributed by atoms with Crippen LogP contribution >= 0.6 is 11.3 Å². The first-order chi connectivity index (χ1) is 10.7. The van der Waals surface area contributed by atoms with Crippen molar-refractivity contribution in [3.05, 3.63) is 70.6 Å². The van der Waals surface area contributed by atoms with Crippen LogP contribution in [0.25, 0.3) is 11.3 Å². The summed E-state index contributed by atoms with van der Waals surface area (Å²) in [5, 5.41) is 14.7. The number of thiophene rings is 1. The number of benzene rings is 1. The van der Waals surface area contributed by atoms with Crippen molar-refractivity contribution in [3.8, 4) is 11.3 Å². The van der Waals surface area contributed by atoms with Crippen molar-refractivity contribution < 1.29 is 14.3 Å². The van der Waals surface area contributed by atoms with E-state index >= 15 is 0 Å². The molecular formula is C17H15NO3S. The molecule has 2 aromatic heterocycles. The molecule has 4 nitrogen and oxygen atoms in total. The van der Waals surface area contributed by atoms with E-state index in [1.807, 2.05) is 47.8 Å². The van der Waals surface area contributed by atoms with Crippen LogP contribution in [0.3, 0.4) is 0 Å². The van der Waals surface area contributed by atoms with E-state index < -0.39 is 6.10 Å². The Hall–Kier alpha value is -2.37. The lowest BCUT2D eigenvalue weighted by molar-refractivity contribution is 0.0920. The standard InChI is InChI=1S/C17H15NO3S/c19-14(11-18-17(20)16-4-2-10-22-16)12-5-7-13(8-6-12)15-3-1-9-21-15/h1-10,14,19H,11H2,(H,18,20). The molecule has 0 saturated carbocycles. The average Bonchev–Trinajstić information content (AvgIpc) is 3.25. The Labute approximate surface area is 132 Å². The lowest BCUT2D eigenvalue weighted by Crippen LogP contribution is -2.27. The third-order valence-electron chi connectivity index (χ3n) is 3.30. The molecule has 3 rings (SSSR count). The predicted molar refractivity (Wildman–Crippen MR) is 85.8 cm³/mol. The van der Waals surface area contributed by atoms with Crippen molar-refractivity contribution in [3.63, 3.8) is 0 Å². The van der Waals surface area contributed by atoms with Crippen LogP contribution in [-0.4, -0.2) is 17.6 Å². The first kappa shape index (κ1) is 14.6. The third-order valence-corrected chi connectivity index (χ3v) is 4.17. The van der Waals surface area contributed by atoms with Gasteiger partial charge < -0.3 is 14.8 Å². The molecule has 0 aliphatic rings. The fourth-order valence-electron chi connectivity index (χ4n) is 2.11. The Kier molecular flexibility index (Phi) is 4.37. The molecule has 5 heteroatoms. The van der Waals surface area contributed by atoms with Crippen LogP contribution in [0.2, 0.25) is 0 Å². The van der Waals surface area contributed by atoms with Crippen molar-refractivity contribution in [2.24, 2.45) is 0 Å². The van der Waals surface area contributed by atoms with Crippen molar-refractivity contribution in [2.75, 3.05) is 6.54 Å². The zero-order chi connectivity index (χ0) is 15.4. The zero-order valence-electron chi connectivity index (χ0n) is 11.7. The molecule has 0 aliphatic carbocycles. The Morgan fingerprint density at radius 3 is 2.64 bits per heavy atom. The van der Waals surface area contributed by atoms with Crippen LogP contribution < -0.4 is 5.32 Å². The molecule has 3 aromatic rings. The molecule has 112 valence electrons. The van der Waals surface area contributed by atoms with Crippen LogP contribution in [0, 0.1) is 0 Å². The second-order valence-corrected chi connectivity index (χ2v) is 5.75. The largest absolute Gasteiger partial charge is 0.464 e. The second-order valence-electron chi connectivity index (χ2n) is 4.80. The van der Waals surface area contributed by atoms with Gasteiger partial charge >= 0.3 is 0 Å². The van der Waals surface area contributed by atoms with Gasteiger partial charge in [-0.05, 0) is 29.1 Å². The number of hydrogen-bond donors (Lipinski definition) is 2. The summed E-state index contributed by atoms with van der Waals surface area (Å²) in [4.78, 5) is 12.5. The number of aliphatic hydroxyl groups is 1. The van der Waals surface area contributed by atoms with Gasteiger partial charge in [0.2, 0.25) is 0 Å². The van der Waals surface area contributed by atoms with Gasteiger partial charge in [0.15, 0.2) is 0 Å². The molecule has 1 unspecified atom stereocenters. The fourth-order valence-corrected chi connectivity index (χ4v) is 2.75. The quantitative estimate of drug-likeness (QED) is 0.758. The monoisotopic (exact) mass is 313 g/mol. The number of carbonyl (C=O) groups excluding carboxylic acids is 1. The zero-order valence-corrected chi connectivity index (χ0v) is 12.5. The molecule has 1 atom stereocenters. The molecule has 0 saturated heterocycles. The number of carbonyl (C=O) groups is 1. The number of amides is 1. The Bertz CT molecular complexity index is 718. The number of nitrogens with one attached hydrogen (secondary N) is 1. The van der Waals surface area contributed by atoms with E-state index in [0.29, 0.717) is 4.88 Å². The van der Waals surface area contributed by atoms with Crippen LogP contribution in [0.1, 0.15) is 21.3 Å². The summed E-state index contributed by atoms with van der Waals surface area (Å²) in [6.07, 6.45) is 0.882. The highest BCUT2D eigenvalue weighted by atomic mass is 32.1. The van der Waals surface area contributed by atoms with Gasteiger partial charge in [0.25, 0.3) is 5.91 Å². The maximum absolute atomic E-state index is 11.8. The summed E-state index contributed by atoms with van der Waals surface area (Å²) in [6, 6.07) is 14.7. The van der Waals surface area contributed by atoms with Gasteiger partial charge in [0.1, 0.15) is 5.76 Å². The van der Waals surface area contributed by atoms with Crippen molar-refractivity contribution in [2.45, 2.75) is 6.10 Å². The van der Waals surface area contributed by atoms with E-state index in [1.54, 1.807) is 12.3 Å². The van der Waals surface area contributed by atoms with Gasteiger partial charge in [-0.15, -0.1) is 11.3 Å². The second kappa shape index (κ2) is 6.60. The highest BCUT2D eigenvalue weighted by molar-refractivity contribution is 7.12. The van der Waals surface area contributed by atoms with Gasteiger partial charge in [-0.2, -0.15) is 0 Å². The number of hydrogen-bond acceptors (Lipinski definition) is 4. The van der Waals surface area contributed by atoms with Gasteiger partial charge in [-0.3, -0.25) is 4.79 Å². The lowest BCUT2D eigenvalue weighted by atomic mass is 10.1. The molecule has 0 radical (unpaired) electrons. The molecule has 1 aromatic carbocycles. The van der Waals surface area contributed by atoms with Gasteiger partial charge in [0.05, 0.1) is 17.2 Å². The molecule has 0 bridgehead atoms. The van der Waals surface area contributed by atoms with E-state index in [1.165, 1.54) is 11.3 Å². The number of furan rings is 1. The van der Waals surface area contributed by atoms with Gasteiger partial charge in [0, 0.05) is 12.1 Å². The van der Waals surface area contributed by atoms with E-state index in [4.69, 9.17) is 4.42 Å². The fraction of sp³-hybridized carbons (Fsp3) is 0.118. The van der Waals surface area contributed by atoms with Crippen molar-refractivity contribution >= 4 is 17.2 Å². The van der Waals surface area contributed by atoms with Crippen LogP contribution in [0.5, 0.6) is 0 Å². The Morgan fingerprint density at radius 2 is 2.00 bits per heavy atom. The SMILES string of the molecule is O=C(NCC(O)c1ccc(-c2ccco2)cc1)c1cccs1. The maximum atomic E-state index is 11.8. The first-order valence-electron chi connectivity index (χ1n) is 6.87. The number of rotatable bonds is 5. The molecule has 0 spiro atoms. The minimum absolute atomic E-state index is 0.166. The van der Waals surface area contributed by atoms with Gasteiger partial charge in [-0.1, -0.05) is 30.3 Å². The molecule has 22 heavy (non-hydrogen) atoms. The predicted octanol–water partition coefficient (Wildman–Crippen LogP) is 3.47. The van der Waals surface area contributed by atoms with Crippen molar-refractivity contribution in [1.82, 2.24) is 5.32 Å². The Balaban J connectivity index is 1.60. The van der Waals surface area contributed by atoms with Crippen LogP contribution in [-0.2, 0) is 0 Å². The average molecular weight is 313 g/mol. The van der Waals surface area contributed by atoms with E-state index in [-0.39, 0.29) is 12.5 Å². The normalized spacial score (nSPS) is 12.0. The molecule has 0 aliphatic heterocycles. The molecule has 2 N–H and O–H groups in total. The summed E-state index contributed by atoms with van der Waals surface area (Å²) < 4.78 is 5.32. The molecule has 1 amide bonds. The smallest absolute Gasteiger partial charge is 0.261 e. The summed E-state index contributed by atoms with van der Waals surface area (Å²) in [5.41, 5.74) is 1.70. The highest BCUT2D eigenvalue weighted by Crippen LogP contribution is 2.22. The van der Waals surface area contributed by atoms with Crippen LogP contribution in [0.4, 0.5) is 0 Å². The minimum atomic E-state index is -0.741. The molecular weight excluding hydrogens is 298 g/mol. The number of aliphatic hydroxyl groups excluding tert-OH is 1. The third kappa shape index (κ3) is 3.27. The van der Waals surface area contributed by atoms with E-state index in [9.17, 15) is 9.90 Å². The Morgan fingerprint density at radius 1 is 1.18 bits per heavy atom. The van der Waals surface area contributed by atoms with Crippen molar-refractivity contribution in [1.29, 1.82) is 0 Å². The lowest BCUT2D eigenvalue weighted by Gasteiger charge is -2.12. The topological polar surface area (TPSA) is 62.5 Å². The molecule has 0 fully saturated rings. The summed E-state index contributed by atoms with van der Waals surface area (Å²) in [6.45, 7) is 0.177.